The van der Waals surface area contributed by atoms with E-state index < -0.39 is 0 Å². The van der Waals surface area contributed by atoms with E-state index in [1.807, 2.05) is 4.57 Å². The summed E-state index contributed by atoms with van der Waals surface area (Å²) in [6.07, 6.45) is 8.28. The zero-order valence-corrected chi connectivity index (χ0v) is 17.4. The van der Waals surface area contributed by atoms with E-state index >= 15 is 0 Å². The summed E-state index contributed by atoms with van der Waals surface area (Å²) in [6, 6.07) is -0.128. The maximum atomic E-state index is 12.9. The first-order valence-corrected chi connectivity index (χ1v) is 10.6. The van der Waals surface area contributed by atoms with Crippen LogP contribution in [0.2, 0.25) is 0 Å². The Kier molecular flexibility index (Phi) is 7.04. The Morgan fingerprint density at radius 1 is 1.32 bits per heavy atom. The van der Waals surface area contributed by atoms with Gasteiger partial charge in [-0.25, -0.2) is 0 Å². The molecular formula is C20H34N6O2. The van der Waals surface area contributed by atoms with Gasteiger partial charge in [-0.05, 0) is 32.6 Å². The predicted octanol–water partition coefficient (Wildman–Crippen LogP) is 1.59. The lowest BCUT2D eigenvalue weighted by atomic mass is 9.88. The minimum atomic E-state index is -0.367. The van der Waals surface area contributed by atoms with E-state index in [0.29, 0.717) is 19.0 Å². The van der Waals surface area contributed by atoms with Crippen molar-refractivity contribution in [3.05, 3.63) is 12.2 Å². The fourth-order valence-corrected chi connectivity index (χ4v) is 4.34. The van der Waals surface area contributed by atoms with Gasteiger partial charge in [0.1, 0.15) is 6.33 Å². The molecule has 2 aliphatic rings. The molecule has 0 bridgehead atoms. The van der Waals surface area contributed by atoms with Crippen LogP contribution in [0.1, 0.15) is 64.2 Å². The number of rotatable bonds is 7. The SMILES string of the molecule is CC(C)n1cnnc1CN(C)C(=O)C[C@@H]1C(=O)NCCN1CC1CCCCC1. The van der Waals surface area contributed by atoms with Crippen LogP contribution in [0.25, 0.3) is 0 Å². The number of hydrogen-bond acceptors (Lipinski definition) is 5. The standard InChI is InChI=1S/C20H34N6O2/c1-15(2)26-14-22-23-18(26)13-24(3)19(27)11-17-20(28)21-9-10-25(17)12-16-7-5-4-6-8-16/h14-17H,4-13H2,1-3H3,(H,21,28)/t17-/m1/s1. The molecule has 3 rings (SSSR count). The van der Waals surface area contributed by atoms with Crippen LogP contribution in [0, 0.1) is 5.92 Å². The zero-order chi connectivity index (χ0) is 20.1. The lowest BCUT2D eigenvalue weighted by molar-refractivity contribution is -0.138. The molecule has 1 saturated heterocycles. The van der Waals surface area contributed by atoms with Crippen LogP contribution in [-0.4, -0.2) is 69.1 Å². The fraction of sp³-hybridized carbons (Fsp3) is 0.800. The summed E-state index contributed by atoms with van der Waals surface area (Å²) in [7, 11) is 1.77. The Balaban J connectivity index is 1.60. The molecule has 8 heteroatoms. The minimum absolute atomic E-state index is 0.0193. The van der Waals surface area contributed by atoms with Gasteiger partial charge < -0.3 is 14.8 Å². The van der Waals surface area contributed by atoms with E-state index in [1.165, 1.54) is 32.1 Å². The predicted molar refractivity (Wildman–Crippen MR) is 106 cm³/mol. The Morgan fingerprint density at radius 3 is 2.79 bits per heavy atom. The molecule has 1 aliphatic carbocycles. The molecule has 8 nitrogen and oxygen atoms in total. The second kappa shape index (κ2) is 9.49. The van der Waals surface area contributed by atoms with Crippen molar-refractivity contribution >= 4 is 11.8 Å². The highest BCUT2D eigenvalue weighted by molar-refractivity contribution is 5.88. The van der Waals surface area contributed by atoms with E-state index in [-0.39, 0.29) is 30.3 Å². The lowest BCUT2D eigenvalue weighted by Gasteiger charge is -2.38. The monoisotopic (exact) mass is 390 g/mol. The van der Waals surface area contributed by atoms with Crippen molar-refractivity contribution in [3.63, 3.8) is 0 Å². The molecule has 2 amide bonds. The number of nitrogens with one attached hydrogen (secondary N) is 1. The van der Waals surface area contributed by atoms with Crippen LogP contribution >= 0.6 is 0 Å². The third-order valence-electron chi connectivity index (χ3n) is 6.04. The highest BCUT2D eigenvalue weighted by atomic mass is 16.2. The summed E-state index contributed by atoms with van der Waals surface area (Å²) in [5.41, 5.74) is 0. The van der Waals surface area contributed by atoms with E-state index in [9.17, 15) is 9.59 Å². The average Bonchev–Trinajstić information content (AvgIpc) is 3.13. The molecule has 0 spiro atoms. The number of hydrogen-bond donors (Lipinski definition) is 1. The van der Waals surface area contributed by atoms with Gasteiger partial charge in [0.2, 0.25) is 11.8 Å². The van der Waals surface area contributed by atoms with E-state index in [2.05, 4.69) is 34.3 Å². The number of carbonyl (C=O) groups excluding carboxylic acids is 2. The van der Waals surface area contributed by atoms with Gasteiger partial charge in [-0.3, -0.25) is 14.5 Å². The van der Waals surface area contributed by atoms with Crippen molar-refractivity contribution in [3.8, 4) is 0 Å². The first-order chi connectivity index (χ1) is 13.5. The van der Waals surface area contributed by atoms with Gasteiger partial charge in [0, 0.05) is 32.7 Å². The van der Waals surface area contributed by atoms with E-state index in [1.54, 1.807) is 18.3 Å². The maximum Gasteiger partial charge on any atom is 0.237 e. The molecule has 1 aromatic heterocycles. The lowest BCUT2D eigenvalue weighted by Crippen LogP contribution is -2.57. The number of amides is 2. The number of aromatic nitrogens is 3. The van der Waals surface area contributed by atoms with Gasteiger partial charge >= 0.3 is 0 Å². The topological polar surface area (TPSA) is 83.4 Å². The smallest absolute Gasteiger partial charge is 0.237 e. The number of nitrogens with zero attached hydrogens (tertiary/aromatic N) is 5. The second-order valence-electron chi connectivity index (χ2n) is 8.51. The van der Waals surface area contributed by atoms with Gasteiger partial charge in [-0.15, -0.1) is 10.2 Å². The van der Waals surface area contributed by atoms with Gasteiger partial charge in [0.15, 0.2) is 5.82 Å². The van der Waals surface area contributed by atoms with E-state index in [4.69, 9.17) is 0 Å². The molecule has 0 aromatic carbocycles. The largest absolute Gasteiger partial charge is 0.353 e. The van der Waals surface area contributed by atoms with Crippen molar-refractivity contribution in [2.45, 2.75) is 71.0 Å². The normalized spacial score (nSPS) is 21.7. The summed E-state index contributed by atoms with van der Waals surface area (Å²) in [5, 5.41) is 11.0. The Hall–Kier alpha value is -1.96. The van der Waals surface area contributed by atoms with Crippen LogP contribution in [0.15, 0.2) is 6.33 Å². The molecule has 1 N–H and O–H groups in total. The Labute approximate surface area is 167 Å². The van der Waals surface area contributed by atoms with Crippen molar-refractivity contribution in [2.75, 3.05) is 26.7 Å². The molecule has 0 unspecified atom stereocenters. The first kappa shape index (κ1) is 20.8. The molecule has 156 valence electrons. The van der Waals surface area contributed by atoms with Crippen LogP contribution < -0.4 is 5.32 Å². The van der Waals surface area contributed by atoms with Crippen LogP contribution in [-0.2, 0) is 16.1 Å². The summed E-state index contributed by atoms with van der Waals surface area (Å²) in [4.78, 5) is 29.3. The summed E-state index contributed by atoms with van der Waals surface area (Å²) >= 11 is 0. The van der Waals surface area contributed by atoms with Gasteiger partial charge in [0.05, 0.1) is 19.0 Å². The molecule has 2 fully saturated rings. The Bertz CT molecular complexity index is 667. The molecule has 1 aromatic rings. The van der Waals surface area contributed by atoms with Crippen molar-refractivity contribution in [1.29, 1.82) is 0 Å². The highest BCUT2D eigenvalue weighted by Gasteiger charge is 2.34. The zero-order valence-electron chi connectivity index (χ0n) is 17.4. The highest BCUT2D eigenvalue weighted by Crippen LogP contribution is 2.26. The number of carbonyl (C=O) groups is 2. The third kappa shape index (κ3) is 5.10. The summed E-state index contributed by atoms with van der Waals surface area (Å²) in [5.74, 6) is 1.36. The van der Waals surface area contributed by atoms with Gasteiger partial charge in [-0.1, -0.05) is 19.3 Å². The number of piperazine rings is 1. The van der Waals surface area contributed by atoms with Crippen molar-refractivity contribution in [1.82, 2.24) is 29.9 Å². The maximum absolute atomic E-state index is 12.9. The molecule has 1 atom stereocenters. The van der Waals surface area contributed by atoms with Gasteiger partial charge in [0.25, 0.3) is 0 Å². The minimum Gasteiger partial charge on any atom is -0.353 e. The summed E-state index contributed by atoms with van der Waals surface area (Å²) < 4.78 is 1.96. The molecule has 2 heterocycles. The second-order valence-corrected chi connectivity index (χ2v) is 8.51. The quantitative estimate of drug-likeness (QED) is 0.764. The van der Waals surface area contributed by atoms with Crippen LogP contribution in [0.5, 0.6) is 0 Å². The van der Waals surface area contributed by atoms with Crippen LogP contribution in [0.4, 0.5) is 0 Å². The van der Waals surface area contributed by atoms with E-state index in [0.717, 1.165) is 18.9 Å². The first-order valence-electron chi connectivity index (χ1n) is 10.6. The fourth-order valence-electron chi connectivity index (χ4n) is 4.34. The van der Waals surface area contributed by atoms with Gasteiger partial charge in [-0.2, -0.15) is 0 Å². The van der Waals surface area contributed by atoms with Crippen molar-refractivity contribution in [2.24, 2.45) is 5.92 Å². The molecule has 1 aliphatic heterocycles. The Morgan fingerprint density at radius 2 is 2.07 bits per heavy atom. The third-order valence-corrected chi connectivity index (χ3v) is 6.04. The molecule has 28 heavy (non-hydrogen) atoms. The summed E-state index contributed by atoms with van der Waals surface area (Å²) in [6.45, 7) is 6.94. The molecular weight excluding hydrogens is 356 g/mol. The average molecular weight is 391 g/mol. The van der Waals surface area contributed by atoms with Crippen LogP contribution in [0.3, 0.4) is 0 Å². The molecule has 1 saturated carbocycles. The molecule has 0 radical (unpaired) electrons. The van der Waals surface area contributed by atoms with Crippen molar-refractivity contribution < 1.29 is 9.59 Å².